The van der Waals surface area contributed by atoms with Crippen LogP contribution in [0, 0.1) is 0 Å². The Hall–Kier alpha value is -4.63. The van der Waals surface area contributed by atoms with Gasteiger partial charge in [-0.05, 0) is 70.3 Å². The lowest BCUT2D eigenvalue weighted by Crippen LogP contribution is -2.34. The molecule has 9 heteroatoms. The van der Waals surface area contributed by atoms with E-state index in [1.165, 1.54) is 5.56 Å². The average molecular weight is 557 g/mol. The third-order valence-electron chi connectivity index (χ3n) is 6.04. The number of nitrogens with one attached hydrogen (secondary N) is 3. The molecular weight excluding hydrogens is 520 g/mol. The van der Waals surface area contributed by atoms with Gasteiger partial charge in [0.15, 0.2) is 0 Å². The molecule has 3 aromatic rings. The van der Waals surface area contributed by atoms with Gasteiger partial charge in [-0.2, -0.15) is 0 Å². The van der Waals surface area contributed by atoms with Crippen molar-refractivity contribution in [3.8, 4) is 0 Å². The van der Waals surface area contributed by atoms with Gasteiger partial charge < -0.3 is 30.3 Å². The van der Waals surface area contributed by atoms with Gasteiger partial charge >= 0.3 is 12.1 Å². The molecule has 3 N–H and O–H groups in total. The van der Waals surface area contributed by atoms with Crippen LogP contribution in [0.3, 0.4) is 0 Å². The summed E-state index contributed by atoms with van der Waals surface area (Å²) in [7, 11) is 4.05. The second-order valence-corrected chi connectivity index (χ2v) is 11.0. The van der Waals surface area contributed by atoms with Crippen molar-refractivity contribution in [3.05, 3.63) is 95.1 Å². The molecule has 0 fully saturated rings. The fraction of sp³-hybridized carbons (Fsp3) is 0.281. The lowest BCUT2D eigenvalue weighted by molar-refractivity contribution is -0.110. The molecule has 0 radical (unpaired) electrons. The van der Waals surface area contributed by atoms with Crippen molar-refractivity contribution < 1.29 is 23.9 Å². The Morgan fingerprint density at radius 3 is 2.29 bits per heavy atom. The number of alkyl carbamates (subject to hydrolysis) is 1. The van der Waals surface area contributed by atoms with Crippen molar-refractivity contribution >= 4 is 40.6 Å². The maximum absolute atomic E-state index is 13.3. The van der Waals surface area contributed by atoms with E-state index in [1.54, 1.807) is 39.0 Å². The second kappa shape index (κ2) is 12.7. The van der Waals surface area contributed by atoms with E-state index in [2.05, 4.69) is 33.0 Å². The zero-order valence-electron chi connectivity index (χ0n) is 24.0. The Labute approximate surface area is 240 Å². The second-order valence-electron chi connectivity index (χ2n) is 11.0. The van der Waals surface area contributed by atoms with E-state index in [-0.39, 0.29) is 24.6 Å². The van der Waals surface area contributed by atoms with Crippen LogP contribution in [0.5, 0.6) is 0 Å². The maximum Gasteiger partial charge on any atom is 0.407 e. The molecule has 1 aliphatic heterocycles. The number of fused-ring (bicyclic) bond motifs is 1. The lowest BCUT2D eigenvalue weighted by atomic mass is 9.99. The SMILES string of the molecule is CN(C)Cc1ccc(N/C(=C2\C(=O)Nc3cc(C(=O)OCCNC(=O)OC(C)(C)C)ccc32)c2ccccc2)cc1. The summed E-state index contributed by atoms with van der Waals surface area (Å²) >= 11 is 0. The molecule has 0 unspecified atom stereocenters. The number of benzene rings is 3. The van der Waals surface area contributed by atoms with Gasteiger partial charge in [-0.15, -0.1) is 0 Å². The van der Waals surface area contributed by atoms with Crippen LogP contribution in [0.4, 0.5) is 16.2 Å². The first-order valence-corrected chi connectivity index (χ1v) is 13.4. The fourth-order valence-electron chi connectivity index (χ4n) is 4.33. The molecule has 9 nitrogen and oxygen atoms in total. The van der Waals surface area contributed by atoms with E-state index in [4.69, 9.17) is 9.47 Å². The Morgan fingerprint density at radius 2 is 1.63 bits per heavy atom. The maximum atomic E-state index is 13.3. The molecule has 4 rings (SSSR count). The van der Waals surface area contributed by atoms with Crippen LogP contribution in [0.25, 0.3) is 11.3 Å². The standard InChI is InChI=1S/C32H36N4O5/c1-32(2,3)41-31(39)33-17-18-40-30(38)23-13-16-25-26(19-23)35-29(37)27(25)28(22-9-7-6-8-10-22)34-24-14-11-21(12-15-24)20-36(4)5/h6-16,19,34H,17-18,20H2,1-5H3,(H,33,39)(H,35,37)/b28-27-. The van der Waals surface area contributed by atoms with E-state index >= 15 is 0 Å². The first kappa shape index (κ1) is 29.4. The predicted molar refractivity (Wildman–Crippen MR) is 160 cm³/mol. The first-order chi connectivity index (χ1) is 19.5. The molecule has 0 atom stereocenters. The van der Waals surface area contributed by atoms with Gasteiger partial charge in [0.2, 0.25) is 0 Å². The highest BCUT2D eigenvalue weighted by Gasteiger charge is 2.29. The molecule has 0 aromatic heterocycles. The first-order valence-electron chi connectivity index (χ1n) is 13.4. The summed E-state index contributed by atoms with van der Waals surface area (Å²) in [5, 5.41) is 8.89. The summed E-state index contributed by atoms with van der Waals surface area (Å²) < 4.78 is 10.5. The summed E-state index contributed by atoms with van der Waals surface area (Å²) in [4.78, 5) is 39.8. The molecule has 0 saturated heterocycles. The molecule has 3 aromatic carbocycles. The van der Waals surface area contributed by atoms with Gasteiger partial charge in [0.25, 0.3) is 5.91 Å². The van der Waals surface area contributed by atoms with Crippen molar-refractivity contribution in [1.82, 2.24) is 10.2 Å². The molecular formula is C32H36N4O5. The molecule has 1 aliphatic rings. The normalized spacial score (nSPS) is 13.8. The van der Waals surface area contributed by atoms with E-state index in [9.17, 15) is 14.4 Å². The predicted octanol–water partition coefficient (Wildman–Crippen LogP) is 5.36. The minimum Gasteiger partial charge on any atom is -0.460 e. The van der Waals surface area contributed by atoms with Crippen molar-refractivity contribution in [2.24, 2.45) is 0 Å². The van der Waals surface area contributed by atoms with Crippen LogP contribution in [-0.4, -0.2) is 55.7 Å². The van der Waals surface area contributed by atoms with Crippen LogP contribution < -0.4 is 16.0 Å². The van der Waals surface area contributed by atoms with Crippen molar-refractivity contribution in [2.75, 3.05) is 37.9 Å². The van der Waals surface area contributed by atoms with Gasteiger partial charge in [0.05, 0.1) is 29.1 Å². The minimum atomic E-state index is -0.616. The van der Waals surface area contributed by atoms with Crippen LogP contribution >= 0.6 is 0 Å². The van der Waals surface area contributed by atoms with Crippen LogP contribution in [-0.2, 0) is 20.8 Å². The molecule has 2 amide bonds. The highest BCUT2D eigenvalue weighted by Crippen LogP contribution is 2.38. The van der Waals surface area contributed by atoms with E-state index in [1.807, 2.05) is 56.6 Å². The lowest BCUT2D eigenvalue weighted by Gasteiger charge is -2.19. The number of nitrogens with zero attached hydrogens (tertiary/aromatic N) is 1. The molecule has 1 heterocycles. The summed E-state index contributed by atoms with van der Waals surface area (Å²) in [6, 6.07) is 22.7. The zero-order chi connectivity index (χ0) is 29.6. The Kier molecular flexibility index (Phi) is 9.09. The largest absolute Gasteiger partial charge is 0.460 e. The smallest absolute Gasteiger partial charge is 0.407 e. The summed E-state index contributed by atoms with van der Waals surface area (Å²) in [5.41, 5.74) is 4.87. The Morgan fingerprint density at radius 1 is 0.927 bits per heavy atom. The van der Waals surface area contributed by atoms with Crippen LogP contribution in [0.15, 0.2) is 72.8 Å². The zero-order valence-corrected chi connectivity index (χ0v) is 24.0. The molecule has 0 spiro atoms. The van der Waals surface area contributed by atoms with E-state index in [0.717, 1.165) is 17.8 Å². The van der Waals surface area contributed by atoms with Crippen LogP contribution in [0.1, 0.15) is 47.8 Å². The highest BCUT2D eigenvalue weighted by molar-refractivity contribution is 6.37. The fourth-order valence-corrected chi connectivity index (χ4v) is 4.33. The monoisotopic (exact) mass is 556 g/mol. The van der Waals surface area contributed by atoms with Gasteiger partial charge in [0.1, 0.15) is 12.2 Å². The highest BCUT2D eigenvalue weighted by atomic mass is 16.6. The molecule has 0 aliphatic carbocycles. The molecule has 0 saturated carbocycles. The summed E-state index contributed by atoms with van der Waals surface area (Å²) in [6.07, 6.45) is -0.583. The van der Waals surface area contributed by atoms with Gasteiger partial charge in [-0.25, -0.2) is 9.59 Å². The Balaban J connectivity index is 1.53. The average Bonchev–Trinajstić information content (AvgIpc) is 3.24. The number of ether oxygens (including phenoxy) is 2. The van der Waals surface area contributed by atoms with Crippen molar-refractivity contribution in [1.29, 1.82) is 0 Å². The van der Waals surface area contributed by atoms with Gasteiger partial charge in [-0.3, -0.25) is 4.79 Å². The Bertz CT molecular complexity index is 1440. The number of esters is 1. The van der Waals surface area contributed by atoms with Crippen molar-refractivity contribution in [3.63, 3.8) is 0 Å². The summed E-state index contributed by atoms with van der Waals surface area (Å²) in [5.74, 6) is -0.840. The van der Waals surface area contributed by atoms with Gasteiger partial charge in [0, 0.05) is 17.8 Å². The number of anilines is 2. The number of rotatable bonds is 9. The number of hydrogen-bond donors (Lipinski definition) is 3. The molecule has 214 valence electrons. The number of hydrogen-bond acceptors (Lipinski definition) is 7. The molecule has 41 heavy (non-hydrogen) atoms. The van der Waals surface area contributed by atoms with Crippen molar-refractivity contribution in [2.45, 2.75) is 32.9 Å². The topological polar surface area (TPSA) is 109 Å². The number of amides is 2. The third-order valence-corrected chi connectivity index (χ3v) is 6.04. The third kappa shape index (κ3) is 7.95. The number of carbonyl (C=O) groups is 3. The van der Waals surface area contributed by atoms with Crippen LogP contribution in [0.2, 0.25) is 0 Å². The van der Waals surface area contributed by atoms with Gasteiger partial charge in [-0.1, -0.05) is 48.5 Å². The molecule has 0 bridgehead atoms. The van der Waals surface area contributed by atoms with E-state index in [0.29, 0.717) is 22.5 Å². The van der Waals surface area contributed by atoms with E-state index < -0.39 is 17.7 Å². The number of carbonyl (C=O) groups excluding carboxylic acids is 3. The minimum absolute atomic E-state index is 0.0257. The summed E-state index contributed by atoms with van der Waals surface area (Å²) in [6.45, 7) is 6.21. The quantitative estimate of drug-likeness (QED) is 0.185.